The summed E-state index contributed by atoms with van der Waals surface area (Å²) in [4.78, 5) is 32.6. The van der Waals surface area contributed by atoms with Crippen molar-refractivity contribution in [2.24, 2.45) is 13.0 Å². The van der Waals surface area contributed by atoms with Crippen LogP contribution in [0.15, 0.2) is 9.59 Å². The number of rotatable bonds is 2. The lowest BCUT2D eigenvalue weighted by Crippen LogP contribution is -2.45. The van der Waals surface area contributed by atoms with E-state index < -0.39 is 0 Å². The van der Waals surface area contributed by atoms with Gasteiger partial charge in [0.05, 0.1) is 0 Å². The Morgan fingerprint density at radius 3 is 2.52 bits per heavy atom. The van der Waals surface area contributed by atoms with Crippen LogP contribution in [-0.2, 0) is 20.1 Å². The first-order chi connectivity index (χ1) is 12.0. The molecule has 7 heteroatoms. The molecule has 1 saturated carbocycles. The van der Waals surface area contributed by atoms with E-state index in [2.05, 4.69) is 16.4 Å². The lowest BCUT2D eigenvalue weighted by Gasteiger charge is -2.40. The molecule has 0 radical (unpaired) electrons. The number of imidazole rings is 1. The largest absolute Gasteiger partial charge is 0.339 e. The SMILES string of the molecule is CCn1c(=O)c2c(nc3n2C[C@H](C)CN3C2CCCCC2)n(C)c1=O. The van der Waals surface area contributed by atoms with E-state index in [0.29, 0.717) is 29.7 Å². The van der Waals surface area contributed by atoms with E-state index in [1.165, 1.54) is 41.2 Å². The summed E-state index contributed by atoms with van der Waals surface area (Å²) in [5, 5.41) is 0. The summed E-state index contributed by atoms with van der Waals surface area (Å²) in [6.45, 7) is 6.20. The number of hydrogen-bond acceptors (Lipinski definition) is 4. The Morgan fingerprint density at radius 1 is 1.12 bits per heavy atom. The van der Waals surface area contributed by atoms with Crippen LogP contribution < -0.4 is 16.1 Å². The Morgan fingerprint density at radius 2 is 1.84 bits per heavy atom. The molecule has 2 aliphatic rings. The van der Waals surface area contributed by atoms with Gasteiger partial charge in [-0.2, -0.15) is 4.98 Å². The Hall–Kier alpha value is -2.05. The molecule has 0 bridgehead atoms. The van der Waals surface area contributed by atoms with E-state index in [1.54, 1.807) is 7.05 Å². The summed E-state index contributed by atoms with van der Waals surface area (Å²) in [6, 6.07) is 0.498. The lowest BCUT2D eigenvalue weighted by molar-refractivity contribution is 0.354. The Balaban J connectivity index is 1.95. The molecule has 1 atom stereocenters. The minimum absolute atomic E-state index is 0.211. The second kappa shape index (κ2) is 6.04. The molecule has 2 aromatic heterocycles. The summed E-state index contributed by atoms with van der Waals surface area (Å²) in [7, 11) is 1.71. The van der Waals surface area contributed by atoms with Crippen molar-refractivity contribution in [1.29, 1.82) is 0 Å². The predicted molar refractivity (Wildman–Crippen MR) is 98.3 cm³/mol. The van der Waals surface area contributed by atoms with Crippen LogP contribution in [-0.4, -0.2) is 31.3 Å². The monoisotopic (exact) mass is 345 g/mol. The van der Waals surface area contributed by atoms with Gasteiger partial charge in [0.2, 0.25) is 5.95 Å². The zero-order chi connectivity index (χ0) is 17.7. The smallest absolute Gasteiger partial charge is 0.332 e. The number of anilines is 1. The first-order valence-electron chi connectivity index (χ1n) is 9.49. The Bertz CT molecular complexity index is 916. The standard InChI is InChI=1S/C18H27N5O2/c1-4-21-16(24)14-15(20(3)18(21)25)19-17-22(10-12(2)11-23(14)17)13-8-6-5-7-9-13/h12-13H,4-11H2,1-3H3/t12-/m1/s1. The van der Waals surface area contributed by atoms with E-state index in [-0.39, 0.29) is 11.2 Å². The number of aromatic nitrogens is 4. The van der Waals surface area contributed by atoms with Gasteiger partial charge in [0.15, 0.2) is 11.2 Å². The molecule has 2 aromatic rings. The summed E-state index contributed by atoms with van der Waals surface area (Å²) in [5.74, 6) is 1.33. The second-order valence-corrected chi connectivity index (χ2v) is 7.63. The number of hydrogen-bond donors (Lipinski definition) is 0. The predicted octanol–water partition coefficient (Wildman–Crippen LogP) is 1.71. The van der Waals surface area contributed by atoms with Crippen molar-refractivity contribution in [2.75, 3.05) is 11.4 Å². The quantitative estimate of drug-likeness (QED) is 0.831. The molecule has 1 fully saturated rings. The summed E-state index contributed by atoms with van der Waals surface area (Å²) in [6.07, 6.45) is 6.21. The van der Waals surface area contributed by atoms with Gasteiger partial charge in [-0.15, -0.1) is 0 Å². The molecule has 0 unspecified atom stereocenters. The second-order valence-electron chi connectivity index (χ2n) is 7.63. The highest BCUT2D eigenvalue weighted by atomic mass is 16.2. The lowest BCUT2D eigenvalue weighted by atomic mass is 9.93. The molecule has 1 aliphatic carbocycles. The molecule has 0 spiro atoms. The summed E-state index contributed by atoms with van der Waals surface area (Å²) in [5.41, 5.74) is 0.598. The average molecular weight is 345 g/mol. The fraction of sp³-hybridized carbons (Fsp3) is 0.722. The molecule has 7 nitrogen and oxygen atoms in total. The van der Waals surface area contributed by atoms with Crippen molar-refractivity contribution in [3.63, 3.8) is 0 Å². The summed E-state index contributed by atoms with van der Waals surface area (Å²) >= 11 is 0. The fourth-order valence-corrected chi connectivity index (χ4v) is 4.52. The van der Waals surface area contributed by atoms with Crippen molar-refractivity contribution in [3.05, 3.63) is 20.8 Å². The van der Waals surface area contributed by atoms with Crippen LogP contribution in [0, 0.1) is 5.92 Å². The van der Waals surface area contributed by atoms with Gasteiger partial charge in [-0.25, -0.2) is 4.79 Å². The van der Waals surface area contributed by atoms with Gasteiger partial charge in [0.25, 0.3) is 5.56 Å². The zero-order valence-corrected chi connectivity index (χ0v) is 15.4. The van der Waals surface area contributed by atoms with Gasteiger partial charge in [-0.3, -0.25) is 13.9 Å². The maximum absolute atomic E-state index is 12.9. The molecule has 0 aromatic carbocycles. The van der Waals surface area contributed by atoms with Crippen LogP contribution in [0.25, 0.3) is 11.2 Å². The van der Waals surface area contributed by atoms with E-state index in [9.17, 15) is 9.59 Å². The van der Waals surface area contributed by atoms with E-state index in [1.807, 2.05) is 6.92 Å². The van der Waals surface area contributed by atoms with Crippen molar-refractivity contribution in [2.45, 2.75) is 65.1 Å². The maximum atomic E-state index is 12.9. The van der Waals surface area contributed by atoms with Gasteiger partial charge >= 0.3 is 5.69 Å². The van der Waals surface area contributed by atoms with Gasteiger partial charge in [0, 0.05) is 32.7 Å². The van der Waals surface area contributed by atoms with Gasteiger partial charge < -0.3 is 9.47 Å². The molecule has 25 heavy (non-hydrogen) atoms. The third-order valence-corrected chi connectivity index (χ3v) is 5.80. The number of nitrogens with zero attached hydrogens (tertiary/aromatic N) is 5. The van der Waals surface area contributed by atoms with Gasteiger partial charge in [-0.1, -0.05) is 26.2 Å². The first kappa shape index (κ1) is 16.4. The van der Waals surface area contributed by atoms with Crippen LogP contribution in [0.5, 0.6) is 0 Å². The molecule has 0 amide bonds. The first-order valence-corrected chi connectivity index (χ1v) is 9.49. The van der Waals surface area contributed by atoms with Crippen LogP contribution >= 0.6 is 0 Å². The van der Waals surface area contributed by atoms with Crippen molar-refractivity contribution >= 4 is 17.1 Å². The maximum Gasteiger partial charge on any atom is 0.332 e. The average Bonchev–Trinajstić information content (AvgIpc) is 3.00. The molecule has 0 saturated heterocycles. The zero-order valence-electron chi connectivity index (χ0n) is 15.4. The molecule has 0 N–H and O–H groups in total. The molecule has 4 rings (SSSR count). The highest BCUT2D eigenvalue weighted by molar-refractivity contribution is 5.75. The molecule has 136 valence electrons. The van der Waals surface area contributed by atoms with Crippen LogP contribution in [0.1, 0.15) is 46.0 Å². The normalized spacial score (nSPS) is 21.7. The fourth-order valence-electron chi connectivity index (χ4n) is 4.52. The minimum atomic E-state index is -0.285. The van der Waals surface area contributed by atoms with Crippen LogP contribution in [0.3, 0.4) is 0 Å². The minimum Gasteiger partial charge on any atom is -0.339 e. The Labute approximate surface area is 146 Å². The topological polar surface area (TPSA) is 65.1 Å². The molecule has 1 aliphatic heterocycles. The molecule has 3 heterocycles. The third kappa shape index (κ3) is 2.43. The Kier molecular flexibility index (Phi) is 3.96. The third-order valence-electron chi connectivity index (χ3n) is 5.80. The van der Waals surface area contributed by atoms with Gasteiger partial charge in [0.1, 0.15) is 0 Å². The summed E-state index contributed by atoms with van der Waals surface area (Å²) < 4.78 is 4.89. The molecular formula is C18H27N5O2. The highest BCUT2D eigenvalue weighted by Gasteiger charge is 2.33. The van der Waals surface area contributed by atoms with Crippen molar-refractivity contribution in [3.8, 4) is 0 Å². The van der Waals surface area contributed by atoms with E-state index in [4.69, 9.17) is 4.98 Å². The highest BCUT2D eigenvalue weighted by Crippen LogP contribution is 2.32. The van der Waals surface area contributed by atoms with Crippen LogP contribution in [0.2, 0.25) is 0 Å². The van der Waals surface area contributed by atoms with Crippen LogP contribution in [0.4, 0.5) is 5.95 Å². The molecular weight excluding hydrogens is 318 g/mol. The number of aryl methyl sites for hydroxylation is 1. The van der Waals surface area contributed by atoms with Gasteiger partial charge in [-0.05, 0) is 25.7 Å². The van der Waals surface area contributed by atoms with Crippen molar-refractivity contribution < 1.29 is 0 Å². The number of fused-ring (bicyclic) bond motifs is 3. The van der Waals surface area contributed by atoms with E-state index >= 15 is 0 Å². The van der Waals surface area contributed by atoms with Crippen molar-refractivity contribution in [1.82, 2.24) is 18.7 Å². The van der Waals surface area contributed by atoms with E-state index in [0.717, 1.165) is 19.0 Å².